The highest BCUT2D eigenvalue weighted by Crippen LogP contribution is 2.22. The number of thiazole rings is 1. The number of carbonyl (C=O) groups excluding carboxylic acids is 1. The molecule has 0 aliphatic rings. The number of furan rings is 1. The van der Waals surface area contributed by atoms with Crippen molar-refractivity contribution in [2.45, 2.75) is 13.3 Å². The predicted molar refractivity (Wildman–Crippen MR) is 78.5 cm³/mol. The van der Waals surface area contributed by atoms with Gasteiger partial charge in [0.15, 0.2) is 4.80 Å². The predicted octanol–water partition coefficient (Wildman–Crippen LogP) is 2.81. The summed E-state index contributed by atoms with van der Waals surface area (Å²) < 4.78 is 7.33. The molecule has 0 atom stereocenters. The lowest BCUT2D eigenvalue weighted by molar-refractivity contribution is -0.117. The normalized spacial score (nSPS) is 12.2. The third-order valence-corrected chi connectivity index (χ3v) is 3.98. The fourth-order valence-corrected chi connectivity index (χ4v) is 2.82. The molecule has 4 nitrogen and oxygen atoms in total. The summed E-state index contributed by atoms with van der Waals surface area (Å²) in [7, 11) is 1.87. The van der Waals surface area contributed by atoms with Crippen molar-refractivity contribution in [2.24, 2.45) is 12.0 Å². The lowest BCUT2D eigenvalue weighted by Gasteiger charge is -1.95. The van der Waals surface area contributed by atoms with Crippen molar-refractivity contribution in [3.8, 4) is 0 Å². The van der Waals surface area contributed by atoms with Gasteiger partial charge in [-0.3, -0.25) is 4.79 Å². The molecule has 0 radical (unpaired) electrons. The highest BCUT2D eigenvalue weighted by atomic mass is 32.1. The molecule has 3 rings (SSSR count). The Balaban J connectivity index is 1.90. The van der Waals surface area contributed by atoms with E-state index in [0.717, 1.165) is 22.1 Å². The number of benzene rings is 1. The first-order valence-electron chi connectivity index (χ1n) is 6.28. The average molecular weight is 286 g/mol. The Bertz CT molecular complexity index is 839. The van der Waals surface area contributed by atoms with Crippen LogP contribution in [-0.4, -0.2) is 10.5 Å². The Morgan fingerprint density at radius 1 is 1.45 bits per heavy atom. The first-order chi connectivity index (χ1) is 9.63. The van der Waals surface area contributed by atoms with E-state index in [1.807, 2.05) is 48.3 Å². The molecule has 1 amide bonds. The molecule has 102 valence electrons. The van der Waals surface area contributed by atoms with Crippen molar-refractivity contribution < 1.29 is 9.21 Å². The first kappa shape index (κ1) is 12.9. The van der Waals surface area contributed by atoms with E-state index in [0.29, 0.717) is 4.80 Å². The molecular formula is C15H14N2O2S. The Hall–Kier alpha value is -2.14. The zero-order chi connectivity index (χ0) is 14.1. The number of amides is 1. The molecule has 1 aromatic carbocycles. The number of rotatable bonds is 2. The largest absolute Gasteiger partial charge is 0.464 e. The van der Waals surface area contributed by atoms with Gasteiger partial charge in [-0.15, -0.1) is 11.3 Å². The van der Waals surface area contributed by atoms with Crippen molar-refractivity contribution in [3.63, 3.8) is 0 Å². The Labute approximate surface area is 120 Å². The van der Waals surface area contributed by atoms with Gasteiger partial charge < -0.3 is 8.98 Å². The maximum Gasteiger partial charge on any atom is 0.252 e. The smallest absolute Gasteiger partial charge is 0.252 e. The zero-order valence-corrected chi connectivity index (χ0v) is 12.1. The molecule has 5 heteroatoms. The summed E-state index contributed by atoms with van der Waals surface area (Å²) in [5.41, 5.74) is 2.84. The van der Waals surface area contributed by atoms with E-state index in [2.05, 4.69) is 4.99 Å². The number of nitrogens with zero attached hydrogens (tertiary/aromatic N) is 2. The van der Waals surface area contributed by atoms with Gasteiger partial charge in [-0.1, -0.05) is 12.1 Å². The van der Waals surface area contributed by atoms with Crippen LogP contribution in [0.1, 0.15) is 11.1 Å². The fourth-order valence-electron chi connectivity index (χ4n) is 2.07. The summed E-state index contributed by atoms with van der Waals surface area (Å²) in [4.78, 5) is 16.9. The van der Waals surface area contributed by atoms with Crippen LogP contribution in [0.5, 0.6) is 0 Å². The summed E-state index contributed by atoms with van der Waals surface area (Å²) in [5.74, 6) is -0.161. The molecule has 0 bridgehead atoms. The molecule has 0 spiro atoms. The van der Waals surface area contributed by atoms with Crippen molar-refractivity contribution in [1.29, 1.82) is 0 Å². The van der Waals surface area contributed by atoms with Crippen molar-refractivity contribution >= 4 is 28.2 Å². The monoisotopic (exact) mass is 286 g/mol. The maximum atomic E-state index is 12.0. The number of aromatic nitrogens is 1. The maximum absolute atomic E-state index is 12.0. The molecule has 0 unspecified atom stereocenters. The molecule has 2 heterocycles. The topological polar surface area (TPSA) is 47.5 Å². The van der Waals surface area contributed by atoms with Gasteiger partial charge in [0.2, 0.25) is 0 Å². The summed E-state index contributed by atoms with van der Waals surface area (Å²) in [6, 6.07) is 5.98. The van der Waals surface area contributed by atoms with Crippen LogP contribution in [0.2, 0.25) is 0 Å². The van der Waals surface area contributed by atoms with Crippen LogP contribution in [-0.2, 0) is 18.3 Å². The van der Waals surface area contributed by atoms with Crippen LogP contribution in [0.15, 0.2) is 45.4 Å². The Morgan fingerprint density at radius 2 is 2.30 bits per heavy atom. The highest BCUT2D eigenvalue weighted by molar-refractivity contribution is 7.07. The summed E-state index contributed by atoms with van der Waals surface area (Å²) in [6.07, 6.45) is 3.78. The van der Waals surface area contributed by atoms with Gasteiger partial charge in [-0.05, 0) is 18.6 Å². The third kappa shape index (κ3) is 2.44. The molecule has 0 aliphatic heterocycles. The molecular weight excluding hydrogens is 272 g/mol. The van der Waals surface area contributed by atoms with Gasteiger partial charge in [0.05, 0.1) is 12.7 Å². The molecule has 0 saturated carbocycles. The molecule has 2 aromatic heterocycles. The number of fused-ring (bicyclic) bond motifs is 1. The van der Waals surface area contributed by atoms with Gasteiger partial charge in [0.25, 0.3) is 5.91 Å². The molecule has 20 heavy (non-hydrogen) atoms. The van der Waals surface area contributed by atoms with Crippen LogP contribution >= 0.6 is 11.3 Å². The molecule has 0 fully saturated rings. The van der Waals surface area contributed by atoms with Crippen molar-refractivity contribution in [2.75, 3.05) is 0 Å². The van der Waals surface area contributed by atoms with Gasteiger partial charge in [-0.2, -0.15) is 4.99 Å². The number of hydrogen-bond acceptors (Lipinski definition) is 3. The van der Waals surface area contributed by atoms with Crippen LogP contribution < -0.4 is 4.80 Å². The molecule has 0 aliphatic carbocycles. The average Bonchev–Trinajstić information content (AvgIpc) is 2.97. The number of aryl methyl sites for hydroxylation is 2. The van der Waals surface area contributed by atoms with E-state index in [9.17, 15) is 4.79 Å². The standard InChI is InChI=1S/C15H14N2O2S/c1-10-3-4-12-11(9-19-13(12)7-10)8-14(18)16-15-17(2)5-6-20-15/h3-7,9H,8H2,1-2H3. The molecule has 0 saturated heterocycles. The minimum atomic E-state index is -0.161. The van der Waals surface area contributed by atoms with E-state index >= 15 is 0 Å². The lowest BCUT2D eigenvalue weighted by Crippen LogP contribution is -2.13. The van der Waals surface area contributed by atoms with Gasteiger partial charge in [0, 0.05) is 29.6 Å². The third-order valence-electron chi connectivity index (χ3n) is 3.13. The van der Waals surface area contributed by atoms with E-state index < -0.39 is 0 Å². The second-order valence-corrected chi connectivity index (χ2v) is 5.61. The Morgan fingerprint density at radius 3 is 3.05 bits per heavy atom. The van der Waals surface area contributed by atoms with E-state index in [1.165, 1.54) is 11.3 Å². The van der Waals surface area contributed by atoms with Crippen LogP contribution in [0.25, 0.3) is 11.0 Å². The van der Waals surface area contributed by atoms with Crippen LogP contribution in [0.3, 0.4) is 0 Å². The van der Waals surface area contributed by atoms with Crippen molar-refractivity contribution in [1.82, 2.24) is 4.57 Å². The number of carbonyl (C=O) groups is 1. The minimum Gasteiger partial charge on any atom is -0.464 e. The van der Waals surface area contributed by atoms with Crippen LogP contribution in [0.4, 0.5) is 0 Å². The van der Waals surface area contributed by atoms with E-state index in [4.69, 9.17) is 4.42 Å². The lowest BCUT2D eigenvalue weighted by atomic mass is 10.1. The summed E-state index contributed by atoms with van der Waals surface area (Å²) in [5, 5.41) is 2.89. The molecule has 3 aromatic rings. The quantitative estimate of drug-likeness (QED) is 0.727. The van der Waals surface area contributed by atoms with E-state index in [1.54, 1.807) is 6.26 Å². The fraction of sp³-hybridized carbons (Fsp3) is 0.200. The second kappa shape index (κ2) is 5.09. The van der Waals surface area contributed by atoms with Gasteiger partial charge >= 0.3 is 0 Å². The van der Waals surface area contributed by atoms with E-state index in [-0.39, 0.29) is 12.3 Å². The number of hydrogen-bond donors (Lipinski definition) is 0. The highest BCUT2D eigenvalue weighted by Gasteiger charge is 2.10. The van der Waals surface area contributed by atoms with Gasteiger partial charge in [0.1, 0.15) is 5.58 Å². The molecule has 0 N–H and O–H groups in total. The SMILES string of the molecule is Cc1ccc2c(CC(=O)N=c3sccn3C)coc2c1. The van der Waals surface area contributed by atoms with Crippen molar-refractivity contribution in [3.05, 3.63) is 52.0 Å². The second-order valence-electron chi connectivity index (χ2n) is 4.74. The summed E-state index contributed by atoms with van der Waals surface area (Å²) in [6.45, 7) is 2.01. The minimum absolute atomic E-state index is 0.161. The Kier molecular flexibility index (Phi) is 3.28. The van der Waals surface area contributed by atoms with Gasteiger partial charge in [-0.25, -0.2) is 0 Å². The van der Waals surface area contributed by atoms with Crippen LogP contribution in [0, 0.1) is 6.92 Å². The first-order valence-corrected chi connectivity index (χ1v) is 7.16. The zero-order valence-electron chi connectivity index (χ0n) is 11.3. The summed E-state index contributed by atoms with van der Waals surface area (Å²) >= 11 is 1.45.